The van der Waals surface area contributed by atoms with Crippen LogP contribution in [-0.4, -0.2) is 24.5 Å². The molecule has 3 nitrogen and oxygen atoms in total. The number of hydrogen-bond donors (Lipinski definition) is 0. The second kappa shape index (κ2) is 7.38. The summed E-state index contributed by atoms with van der Waals surface area (Å²) < 4.78 is 45.5. The normalized spacial score (nSPS) is 14.4. The average Bonchev–Trinajstić information content (AvgIpc) is 2.50. The molecule has 0 radical (unpaired) electrons. The van der Waals surface area contributed by atoms with Gasteiger partial charge in [-0.1, -0.05) is 6.58 Å². The van der Waals surface area contributed by atoms with Crippen LogP contribution < -0.4 is 4.74 Å². The summed E-state index contributed by atoms with van der Waals surface area (Å²) in [5.41, 5.74) is 0.752. The van der Waals surface area contributed by atoms with E-state index in [2.05, 4.69) is 22.5 Å². The maximum atomic E-state index is 14.3. The molecule has 0 atom stereocenters. The Labute approximate surface area is 140 Å². The quantitative estimate of drug-likeness (QED) is 0.752. The highest BCUT2D eigenvalue weighted by molar-refractivity contribution is 9.12. The van der Waals surface area contributed by atoms with E-state index in [1.54, 1.807) is 12.1 Å². The van der Waals surface area contributed by atoms with E-state index in [1.807, 2.05) is 0 Å². The molecule has 1 aromatic carbocycles. The second-order valence-electron chi connectivity index (χ2n) is 4.60. The van der Waals surface area contributed by atoms with Gasteiger partial charge in [-0.15, -0.1) is 0 Å². The first kappa shape index (κ1) is 17.2. The van der Waals surface area contributed by atoms with E-state index in [0.29, 0.717) is 10.2 Å². The Balaban J connectivity index is 2.38. The van der Waals surface area contributed by atoms with Gasteiger partial charge in [-0.05, 0) is 40.2 Å². The van der Waals surface area contributed by atoms with Crippen LogP contribution in [0.5, 0.6) is 5.75 Å². The number of hydrogen-bond acceptors (Lipinski definition) is 3. The van der Waals surface area contributed by atoms with E-state index in [-0.39, 0.29) is 23.6 Å². The third kappa shape index (κ3) is 3.96. The van der Waals surface area contributed by atoms with Crippen LogP contribution in [0.25, 0.3) is 5.70 Å². The van der Waals surface area contributed by atoms with Crippen molar-refractivity contribution in [3.05, 3.63) is 58.5 Å². The molecule has 1 aliphatic rings. The van der Waals surface area contributed by atoms with Gasteiger partial charge in [-0.25, -0.2) is 13.2 Å². The standard InChI is InChI=1S/C16H12BrF3N2O/c1-10-13(17)4-5-15(22(10)9-16(19)20)12-3-2-11(8-14(12)18)23-7-6-21/h2-5,8,16H,1,7,9H2. The molecule has 2 rings (SSSR count). The van der Waals surface area contributed by atoms with E-state index in [9.17, 15) is 13.2 Å². The van der Waals surface area contributed by atoms with Crippen LogP contribution in [-0.2, 0) is 0 Å². The van der Waals surface area contributed by atoms with Crippen molar-refractivity contribution in [2.45, 2.75) is 6.43 Å². The number of rotatable bonds is 5. The molecule has 0 saturated carbocycles. The van der Waals surface area contributed by atoms with Gasteiger partial charge in [0, 0.05) is 21.8 Å². The van der Waals surface area contributed by atoms with Crippen molar-refractivity contribution in [1.82, 2.24) is 4.90 Å². The lowest BCUT2D eigenvalue weighted by Crippen LogP contribution is -2.28. The summed E-state index contributed by atoms with van der Waals surface area (Å²) >= 11 is 3.23. The average molecular weight is 385 g/mol. The van der Waals surface area contributed by atoms with Crippen molar-refractivity contribution in [3.63, 3.8) is 0 Å². The van der Waals surface area contributed by atoms with Crippen molar-refractivity contribution < 1.29 is 17.9 Å². The van der Waals surface area contributed by atoms with Gasteiger partial charge in [0.25, 0.3) is 6.43 Å². The minimum atomic E-state index is -2.60. The Kier molecular flexibility index (Phi) is 5.50. The van der Waals surface area contributed by atoms with Gasteiger partial charge in [-0.2, -0.15) is 5.26 Å². The zero-order chi connectivity index (χ0) is 17.0. The molecule has 0 amide bonds. The smallest absolute Gasteiger partial charge is 0.256 e. The van der Waals surface area contributed by atoms with Crippen molar-refractivity contribution in [1.29, 1.82) is 5.26 Å². The minimum absolute atomic E-state index is 0.146. The van der Waals surface area contributed by atoms with E-state index in [0.717, 1.165) is 6.07 Å². The van der Waals surface area contributed by atoms with E-state index < -0.39 is 18.8 Å². The number of benzene rings is 1. The molecular weight excluding hydrogens is 373 g/mol. The van der Waals surface area contributed by atoms with Gasteiger partial charge in [0.05, 0.1) is 12.2 Å². The van der Waals surface area contributed by atoms with E-state index >= 15 is 0 Å². The van der Waals surface area contributed by atoms with Gasteiger partial charge >= 0.3 is 0 Å². The van der Waals surface area contributed by atoms with Gasteiger partial charge in [0.15, 0.2) is 6.61 Å². The van der Waals surface area contributed by atoms with E-state index in [1.165, 1.54) is 23.1 Å². The highest BCUT2D eigenvalue weighted by atomic mass is 79.9. The Morgan fingerprint density at radius 2 is 2.09 bits per heavy atom. The lowest BCUT2D eigenvalue weighted by molar-refractivity contribution is 0.123. The molecular formula is C16H12BrF3N2O. The van der Waals surface area contributed by atoms with Crippen LogP contribution in [0.4, 0.5) is 13.2 Å². The van der Waals surface area contributed by atoms with Gasteiger partial charge in [0.1, 0.15) is 17.6 Å². The van der Waals surface area contributed by atoms with Gasteiger partial charge in [0.2, 0.25) is 0 Å². The topological polar surface area (TPSA) is 36.3 Å². The molecule has 1 aliphatic heterocycles. The van der Waals surface area contributed by atoms with Crippen LogP contribution in [0.1, 0.15) is 5.56 Å². The molecule has 0 aromatic heterocycles. The molecule has 120 valence electrons. The molecule has 0 spiro atoms. The highest BCUT2D eigenvalue weighted by Gasteiger charge is 2.24. The summed E-state index contributed by atoms with van der Waals surface area (Å²) in [4.78, 5) is 1.25. The molecule has 0 aliphatic carbocycles. The maximum Gasteiger partial charge on any atom is 0.256 e. The van der Waals surface area contributed by atoms with Crippen molar-refractivity contribution in [2.24, 2.45) is 0 Å². The van der Waals surface area contributed by atoms with Crippen LogP contribution in [0.2, 0.25) is 0 Å². The summed E-state index contributed by atoms with van der Waals surface area (Å²) in [6, 6.07) is 5.80. The minimum Gasteiger partial charge on any atom is -0.479 e. The summed E-state index contributed by atoms with van der Waals surface area (Å²) in [5.74, 6) is -0.439. The Hall–Kier alpha value is -2.20. The third-order valence-corrected chi connectivity index (χ3v) is 3.84. The number of ether oxygens (including phenoxy) is 1. The van der Waals surface area contributed by atoms with Crippen molar-refractivity contribution >= 4 is 21.6 Å². The fraction of sp³-hybridized carbons (Fsp3) is 0.188. The summed E-state index contributed by atoms with van der Waals surface area (Å²) in [6.07, 6.45) is 0.559. The molecule has 0 bridgehead atoms. The van der Waals surface area contributed by atoms with Crippen LogP contribution in [0, 0.1) is 17.1 Å². The lowest BCUT2D eigenvalue weighted by atomic mass is 10.1. The van der Waals surface area contributed by atoms with Gasteiger partial charge in [-0.3, -0.25) is 0 Å². The molecule has 23 heavy (non-hydrogen) atoms. The molecule has 0 saturated heterocycles. The lowest BCUT2D eigenvalue weighted by Gasteiger charge is -2.31. The van der Waals surface area contributed by atoms with Crippen LogP contribution in [0.15, 0.2) is 47.1 Å². The van der Waals surface area contributed by atoms with Gasteiger partial charge < -0.3 is 9.64 Å². The second-order valence-corrected chi connectivity index (χ2v) is 5.46. The van der Waals surface area contributed by atoms with Crippen molar-refractivity contribution in [3.8, 4) is 11.8 Å². The Bertz CT molecular complexity index is 723. The molecule has 0 unspecified atom stereocenters. The number of allylic oxidation sites excluding steroid dienone is 3. The maximum absolute atomic E-state index is 14.3. The Morgan fingerprint density at radius 1 is 1.35 bits per heavy atom. The molecule has 7 heteroatoms. The summed E-state index contributed by atoms with van der Waals surface area (Å²) in [7, 11) is 0. The SMILES string of the molecule is C=C1C(Br)=CC=C(c2ccc(OCC#N)cc2F)N1CC(F)F. The first-order valence-electron chi connectivity index (χ1n) is 6.56. The molecule has 0 N–H and O–H groups in total. The summed E-state index contributed by atoms with van der Waals surface area (Å²) in [6.45, 7) is 2.95. The van der Waals surface area contributed by atoms with Crippen LogP contribution in [0.3, 0.4) is 0 Å². The van der Waals surface area contributed by atoms with E-state index in [4.69, 9.17) is 10.00 Å². The Morgan fingerprint density at radius 3 is 2.70 bits per heavy atom. The number of halogens is 4. The molecule has 1 aromatic rings. The number of nitriles is 1. The van der Waals surface area contributed by atoms with Crippen LogP contribution >= 0.6 is 15.9 Å². The first-order chi connectivity index (χ1) is 10.9. The predicted molar refractivity (Wildman–Crippen MR) is 84.3 cm³/mol. The number of nitrogens with zero attached hydrogens (tertiary/aromatic N) is 2. The molecule has 1 heterocycles. The highest BCUT2D eigenvalue weighted by Crippen LogP contribution is 2.35. The van der Waals surface area contributed by atoms with Crippen molar-refractivity contribution in [2.75, 3.05) is 13.2 Å². The third-order valence-electron chi connectivity index (χ3n) is 3.12. The zero-order valence-corrected chi connectivity index (χ0v) is 13.5. The number of alkyl halides is 2. The fourth-order valence-corrected chi connectivity index (χ4v) is 2.45. The first-order valence-corrected chi connectivity index (χ1v) is 7.35. The zero-order valence-electron chi connectivity index (χ0n) is 11.9. The fourth-order valence-electron chi connectivity index (χ4n) is 2.10. The summed E-state index contributed by atoms with van der Waals surface area (Å²) in [5, 5.41) is 8.45. The molecule has 0 fully saturated rings. The monoisotopic (exact) mass is 384 g/mol. The largest absolute Gasteiger partial charge is 0.479 e. The predicted octanol–water partition coefficient (Wildman–Crippen LogP) is 4.44.